The van der Waals surface area contributed by atoms with Gasteiger partial charge in [0, 0.05) is 13.3 Å². The van der Waals surface area contributed by atoms with Crippen LogP contribution < -0.4 is 4.74 Å². The molecule has 0 spiro atoms. The molecule has 0 aromatic heterocycles. The summed E-state index contributed by atoms with van der Waals surface area (Å²) in [6, 6.07) is 14.7. The van der Waals surface area contributed by atoms with Crippen molar-refractivity contribution >= 4 is 11.6 Å². The zero-order valence-electron chi connectivity index (χ0n) is 13.1. The summed E-state index contributed by atoms with van der Waals surface area (Å²) in [7, 11) is 1.50. The second-order valence-corrected chi connectivity index (χ2v) is 5.43. The fourth-order valence-electron chi connectivity index (χ4n) is 2.77. The van der Waals surface area contributed by atoms with E-state index in [0.717, 1.165) is 16.8 Å². The van der Waals surface area contributed by atoms with E-state index >= 15 is 0 Å². The molecule has 1 heterocycles. The number of hydrogen-bond donors (Lipinski definition) is 1. The van der Waals surface area contributed by atoms with Crippen molar-refractivity contribution in [2.75, 3.05) is 7.11 Å². The topological polar surface area (TPSA) is 62.1 Å². The molecular weight excluding hydrogens is 292 g/mol. The Morgan fingerprint density at radius 2 is 2.00 bits per heavy atom. The van der Waals surface area contributed by atoms with Crippen molar-refractivity contribution in [3.8, 4) is 11.5 Å². The first-order valence-corrected chi connectivity index (χ1v) is 7.39. The Bertz CT molecular complexity index is 756. The Morgan fingerprint density at radius 3 is 2.65 bits per heavy atom. The monoisotopic (exact) mass is 310 g/mol. The van der Waals surface area contributed by atoms with Crippen LogP contribution in [0.15, 0.2) is 53.6 Å². The third-order valence-corrected chi connectivity index (χ3v) is 3.93. The summed E-state index contributed by atoms with van der Waals surface area (Å²) in [5.74, 6) is 0.347. The number of amides is 1. The molecule has 0 unspecified atom stereocenters. The highest BCUT2D eigenvalue weighted by atomic mass is 16.5. The van der Waals surface area contributed by atoms with E-state index < -0.39 is 0 Å². The maximum Gasteiger partial charge on any atom is 0.240 e. The average Bonchev–Trinajstić information content (AvgIpc) is 3.02. The molecule has 1 aliphatic heterocycles. The summed E-state index contributed by atoms with van der Waals surface area (Å²) in [4.78, 5) is 12.0. The highest BCUT2D eigenvalue weighted by molar-refractivity contribution is 6.03. The third-order valence-electron chi connectivity index (χ3n) is 3.93. The largest absolute Gasteiger partial charge is 0.504 e. The first-order valence-electron chi connectivity index (χ1n) is 7.39. The van der Waals surface area contributed by atoms with Gasteiger partial charge in [-0.25, -0.2) is 5.01 Å². The second kappa shape index (κ2) is 6.12. The minimum absolute atomic E-state index is 0.0767. The van der Waals surface area contributed by atoms with Crippen LogP contribution >= 0.6 is 0 Å². The van der Waals surface area contributed by atoms with E-state index in [9.17, 15) is 9.90 Å². The van der Waals surface area contributed by atoms with Crippen LogP contribution in [0.2, 0.25) is 0 Å². The lowest BCUT2D eigenvalue weighted by Crippen LogP contribution is -2.24. The van der Waals surface area contributed by atoms with E-state index in [4.69, 9.17) is 4.74 Å². The molecule has 1 amide bonds. The average molecular weight is 310 g/mol. The van der Waals surface area contributed by atoms with Crippen LogP contribution in [0.3, 0.4) is 0 Å². The SMILES string of the molecule is COc1cc([C@@H]2CC(c3ccccc3)=NN2C(C)=O)ccc1O. The van der Waals surface area contributed by atoms with Gasteiger partial charge in [-0.1, -0.05) is 36.4 Å². The summed E-state index contributed by atoms with van der Waals surface area (Å²) < 4.78 is 5.16. The molecule has 0 radical (unpaired) electrons. The minimum Gasteiger partial charge on any atom is -0.504 e. The van der Waals surface area contributed by atoms with Crippen LogP contribution in [-0.2, 0) is 4.79 Å². The summed E-state index contributed by atoms with van der Waals surface area (Å²) in [5, 5.41) is 15.7. The first-order chi connectivity index (χ1) is 11.1. The van der Waals surface area contributed by atoms with Gasteiger partial charge in [0.05, 0.1) is 18.9 Å². The number of aromatic hydroxyl groups is 1. The molecular formula is C18H18N2O3. The van der Waals surface area contributed by atoms with E-state index in [0.29, 0.717) is 12.2 Å². The Balaban J connectivity index is 1.96. The van der Waals surface area contributed by atoms with Gasteiger partial charge >= 0.3 is 0 Å². The van der Waals surface area contributed by atoms with E-state index in [-0.39, 0.29) is 17.7 Å². The van der Waals surface area contributed by atoms with Gasteiger partial charge in [-0.05, 0) is 23.3 Å². The van der Waals surface area contributed by atoms with Crippen LogP contribution in [0.25, 0.3) is 0 Å². The molecule has 1 atom stereocenters. The molecule has 1 N–H and O–H groups in total. The predicted octanol–water partition coefficient (Wildman–Crippen LogP) is 3.10. The van der Waals surface area contributed by atoms with Gasteiger partial charge in [0.2, 0.25) is 5.91 Å². The molecule has 0 fully saturated rings. The van der Waals surface area contributed by atoms with Crippen molar-refractivity contribution < 1.29 is 14.6 Å². The number of rotatable bonds is 3. The lowest BCUT2D eigenvalue weighted by Gasteiger charge is -2.21. The lowest BCUT2D eigenvalue weighted by molar-refractivity contribution is -0.130. The molecule has 0 bridgehead atoms. The number of hydrogen-bond acceptors (Lipinski definition) is 4. The van der Waals surface area contributed by atoms with Gasteiger partial charge in [-0.2, -0.15) is 5.10 Å². The number of methoxy groups -OCH3 is 1. The van der Waals surface area contributed by atoms with Crippen molar-refractivity contribution in [1.82, 2.24) is 5.01 Å². The molecule has 2 aromatic rings. The van der Waals surface area contributed by atoms with E-state index in [1.165, 1.54) is 19.0 Å². The number of ether oxygens (including phenoxy) is 1. The molecule has 0 aliphatic carbocycles. The molecule has 2 aromatic carbocycles. The summed E-state index contributed by atoms with van der Waals surface area (Å²) in [5.41, 5.74) is 2.76. The number of carbonyl (C=O) groups is 1. The molecule has 0 saturated carbocycles. The molecule has 5 heteroatoms. The van der Waals surface area contributed by atoms with Crippen molar-refractivity contribution in [2.24, 2.45) is 5.10 Å². The predicted molar refractivity (Wildman–Crippen MR) is 87.5 cm³/mol. The van der Waals surface area contributed by atoms with E-state index in [2.05, 4.69) is 5.10 Å². The zero-order valence-corrected chi connectivity index (χ0v) is 13.1. The van der Waals surface area contributed by atoms with Crippen LogP contribution in [0, 0.1) is 0 Å². The quantitative estimate of drug-likeness (QED) is 0.947. The number of benzene rings is 2. The molecule has 5 nitrogen and oxygen atoms in total. The number of phenolic OH excluding ortho intramolecular Hbond substituents is 1. The second-order valence-electron chi connectivity index (χ2n) is 5.43. The highest BCUT2D eigenvalue weighted by Gasteiger charge is 2.31. The van der Waals surface area contributed by atoms with E-state index in [1.807, 2.05) is 30.3 Å². The fourth-order valence-corrected chi connectivity index (χ4v) is 2.77. The number of carbonyl (C=O) groups excluding carboxylic acids is 1. The normalized spacial score (nSPS) is 17.0. The molecule has 23 heavy (non-hydrogen) atoms. The van der Waals surface area contributed by atoms with Crippen LogP contribution in [-0.4, -0.2) is 28.8 Å². The highest BCUT2D eigenvalue weighted by Crippen LogP contribution is 2.36. The lowest BCUT2D eigenvalue weighted by atomic mass is 9.98. The van der Waals surface area contributed by atoms with Crippen molar-refractivity contribution in [1.29, 1.82) is 0 Å². The van der Waals surface area contributed by atoms with Crippen molar-refractivity contribution in [3.05, 3.63) is 59.7 Å². The van der Waals surface area contributed by atoms with Gasteiger partial charge in [-0.3, -0.25) is 4.79 Å². The van der Waals surface area contributed by atoms with Crippen LogP contribution in [0.1, 0.15) is 30.5 Å². The number of nitrogens with zero attached hydrogens (tertiary/aromatic N) is 2. The van der Waals surface area contributed by atoms with Crippen LogP contribution in [0.5, 0.6) is 11.5 Å². The van der Waals surface area contributed by atoms with Gasteiger partial charge in [0.25, 0.3) is 0 Å². The smallest absolute Gasteiger partial charge is 0.240 e. The van der Waals surface area contributed by atoms with Gasteiger partial charge in [0.1, 0.15) is 0 Å². The van der Waals surface area contributed by atoms with Gasteiger partial charge in [0.15, 0.2) is 11.5 Å². The maximum atomic E-state index is 12.0. The van der Waals surface area contributed by atoms with E-state index in [1.54, 1.807) is 18.2 Å². The van der Waals surface area contributed by atoms with Gasteiger partial charge < -0.3 is 9.84 Å². The Hall–Kier alpha value is -2.82. The standard InChI is InChI=1S/C18H18N2O3/c1-12(21)20-16(14-8-9-17(22)18(10-14)23-2)11-15(19-20)13-6-4-3-5-7-13/h3-10,16,22H,11H2,1-2H3/t16-/m0/s1. The Kier molecular flexibility index (Phi) is 4.02. The molecule has 118 valence electrons. The van der Waals surface area contributed by atoms with Crippen molar-refractivity contribution in [2.45, 2.75) is 19.4 Å². The Morgan fingerprint density at radius 1 is 1.26 bits per heavy atom. The summed E-state index contributed by atoms with van der Waals surface area (Å²) in [6.07, 6.45) is 0.623. The number of phenols is 1. The summed E-state index contributed by atoms with van der Waals surface area (Å²) in [6.45, 7) is 1.50. The third kappa shape index (κ3) is 2.90. The molecule has 3 rings (SSSR count). The first kappa shape index (κ1) is 15.1. The fraction of sp³-hybridized carbons (Fsp3) is 0.222. The molecule has 0 saturated heterocycles. The van der Waals surface area contributed by atoms with Crippen LogP contribution in [0.4, 0.5) is 0 Å². The molecule has 1 aliphatic rings. The maximum absolute atomic E-state index is 12.0. The number of hydrazone groups is 1. The summed E-state index contributed by atoms with van der Waals surface area (Å²) >= 11 is 0. The minimum atomic E-state index is -0.197. The zero-order chi connectivity index (χ0) is 16.4. The Labute approximate surface area is 134 Å². The van der Waals surface area contributed by atoms with Gasteiger partial charge in [-0.15, -0.1) is 0 Å². The van der Waals surface area contributed by atoms with Crippen molar-refractivity contribution in [3.63, 3.8) is 0 Å².